The molecule has 0 saturated heterocycles. The minimum absolute atomic E-state index is 0.0809. The summed E-state index contributed by atoms with van der Waals surface area (Å²) >= 11 is 1.43. The summed E-state index contributed by atoms with van der Waals surface area (Å²) in [5.41, 5.74) is 4.49. The van der Waals surface area contributed by atoms with Crippen molar-refractivity contribution in [3.8, 4) is 5.75 Å². The number of anilines is 1. The standard InChI is InChI=1S/C27H27N3O3S/c1-15-22(25(32)30-26-29-18-7-5-6-8-21(18)34-26)23(16-9-11-17(33-4)12-10-16)24-19(28-15)13-27(2,3)14-20(24)31/h5-12,23,28H,13-14H2,1-4H3,(H,29,30,32)/t23-/m0/s1. The molecule has 2 heterocycles. The van der Waals surface area contributed by atoms with Crippen molar-refractivity contribution in [1.82, 2.24) is 10.3 Å². The quantitative estimate of drug-likeness (QED) is 0.519. The van der Waals surface area contributed by atoms with E-state index >= 15 is 0 Å². The van der Waals surface area contributed by atoms with E-state index in [1.165, 1.54) is 11.3 Å². The molecule has 34 heavy (non-hydrogen) atoms. The Hall–Kier alpha value is -3.45. The van der Waals surface area contributed by atoms with E-state index in [4.69, 9.17) is 4.74 Å². The Morgan fingerprint density at radius 2 is 1.88 bits per heavy atom. The molecule has 2 aromatic carbocycles. The minimum Gasteiger partial charge on any atom is -0.497 e. The Bertz CT molecular complexity index is 1330. The number of carbonyl (C=O) groups excluding carboxylic acids is 2. The van der Waals surface area contributed by atoms with Crippen LogP contribution in [0.1, 0.15) is 45.1 Å². The number of allylic oxidation sites excluding steroid dienone is 3. The second-order valence-electron chi connectivity index (χ2n) is 9.64. The highest BCUT2D eigenvalue weighted by atomic mass is 32.1. The van der Waals surface area contributed by atoms with Gasteiger partial charge in [0.15, 0.2) is 10.9 Å². The fourth-order valence-electron chi connectivity index (χ4n) is 4.96. The number of aromatic nitrogens is 1. The van der Waals surface area contributed by atoms with E-state index in [0.717, 1.165) is 39.3 Å². The molecule has 174 valence electrons. The van der Waals surface area contributed by atoms with E-state index in [0.29, 0.717) is 22.7 Å². The van der Waals surface area contributed by atoms with Crippen LogP contribution in [0, 0.1) is 5.41 Å². The Balaban J connectivity index is 1.57. The molecule has 0 unspecified atom stereocenters. The van der Waals surface area contributed by atoms with E-state index in [2.05, 4.69) is 29.5 Å². The number of thiazole rings is 1. The third-order valence-electron chi connectivity index (χ3n) is 6.45. The highest BCUT2D eigenvalue weighted by Crippen LogP contribution is 2.47. The summed E-state index contributed by atoms with van der Waals surface area (Å²) < 4.78 is 6.33. The topological polar surface area (TPSA) is 80.3 Å². The van der Waals surface area contributed by atoms with Gasteiger partial charge in [0.1, 0.15) is 5.75 Å². The molecular weight excluding hydrogens is 446 g/mol. The Morgan fingerprint density at radius 3 is 2.59 bits per heavy atom. The van der Waals surface area contributed by atoms with Gasteiger partial charge in [0.2, 0.25) is 0 Å². The van der Waals surface area contributed by atoms with Crippen LogP contribution in [0.25, 0.3) is 10.2 Å². The van der Waals surface area contributed by atoms with Gasteiger partial charge in [-0.15, -0.1) is 0 Å². The van der Waals surface area contributed by atoms with Crippen molar-refractivity contribution in [2.24, 2.45) is 5.41 Å². The van der Waals surface area contributed by atoms with Crippen LogP contribution < -0.4 is 15.4 Å². The van der Waals surface area contributed by atoms with Gasteiger partial charge >= 0.3 is 0 Å². The molecule has 0 saturated carbocycles. The first-order chi connectivity index (χ1) is 16.3. The lowest BCUT2D eigenvalue weighted by molar-refractivity contribution is -0.118. The molecular formula is C27H27N3O3S. The van der Waals surface area contributed by atoms with Crippen LogP contribution in [0.5, 0.6) is 5.75 Å². The molecule has 2 aliphatic rings. The molecule has 0 spiro atoms. The predicted octanol–water partition coefficient (Wildman–Crippen LogP) is 5.55. The monoisotopic (exact) mass is 473 g/mol. The number of fused-ring (bicyclic) bond motifs is 1. The number of hydrogen-bond acceptors (Lipinski definition) is 6. The number of rotatable bonds is 4. The zero-order valence-corrected chi connectivity index (χ0v) is 20.5. The molecule has 1 aromatic heterocycles. The van der Waals surface area contributed by atoms with Crippen molar-refractivity contribution in [3.63, 3.8) is 0 Å². The lowest BCUT2D eigenvalue weighted by Gasteiger charge is -2.39. The van der Waals surface area contributed by atoms with Crippen LogP contribution in [0.2, 0.25) is 0 Å². The molecule has 1 amide bonds. The maximum atomic E-state index is 13.7. The van der Waals surface area contributed by atoms with Crippen molar-refractivity contribution < 1.29 is 14.3 Å². The number of amides is 1. The van der Waals surface area contributed by atoms with Gasteiger partial charge in [-0.05, 0) is 48.6 Å². The third-order valence-corrected chi connectivity index (χ3v) is 7.40. The van der Waals surface area contributed by atoms with Crippen LogP contribution >= 0.6 is 11.3 Å². The van der Waals surface area contributed by atoms with Gasteiger partial charge in [0.25, 0.3) is 5.91 Å². The van der Waals surface area contributed by atoms with Crippen LogP contribution in [0.3, 0.4) is 0 Å². The van der Waals surface area contributed by atoms with Crippen molar-refractivity contribution in [3.05, 3.63) is 76.6 Å². The molecule has 2 N–H and O–H groups in total. The van der Waals surface area contributed by atoms with Crippen LogP contribution in [0.4, 0.5) is 5.13 Å². The smallest absolute Gasteiger partial charge is 0.256 e. The van der Waals surface area contributed by atoms with Crippen LogP contribution in [-0.4, -0.2) is 23.8 Å². The van der Waals surface area contributed by atoms with E-state index in [1.807, 2.05) is 55.5 Å². The average molecular weight is 474 g/mol. The number of ketones is 1. The van der Waals surface area contributed by atoms with Crippen molar-refractivity contribution in [2.45, 2.75) is 39.5 Å². The normalized spacial score (nSPS) is 19.6. The fourth-order valence-corrected chi connectivity index (χ4v) is 5.82. The number of methoxy groups -OCH3 is 1. The zero-order valence-electron chi connectivity index (χ0n) is 19.7. The molecule has 6 nitrogen and oxygen atoms in total. The summed E-state index contributed by atoms with van der Waals surface area (Å²) in [6.07, 6.45) is 1.21. The second kappa shape index (κ2) is 8.40. The molecule has 1 atom stereocenters. The van der Waals surface area contributed by atoms with Gasteiger partial charge in [0.05, 0.1) is 17.3 Å². The van der Waals surface area contributed by atoms with Gasteiger partial charge in [-0.1, -0.05) is 49.4 Å². The van der Waals surface area contributed by atoms with Crippen molar-refractivity contribution in [1.29, 1.82) is 0 Å². The third kappa shape index (κ3) is 4.01. The number of nitrogens with one attached hydrogen (secondary N) is 2. The summed E-state index contributed by atoms with van der Waals surface area (Å²) in [6.45, 7) is 6.11. The number of ether oxygens (including phenoxy) is 1. The first-order valence-electron chi connectivity index (χ1n) is 11.3. The highest BCUT2D eigenvalue weighted by Gasteiger charge is 2.42. The average Bonchev–Trinajstić information content (AvgIpc) is 3.19. The molecule has 5 rings (SSSR count). The molecule has 1 aliphatic carbocycles. The number of hydrogen-bond donors (Lipinski definition) is 2. The number of benzene rings is 2. The van der Waals surface area contributed by atoms with E-state index in [1.54, 1.807) is 7.11 Å². The Kier molecular flexibility index (Phi) is 5.52. The summed E-state index contributed by atoms with van der Waals surface area (Å²) in [6, 6.07) is 15.4. The summed E-state index contributed by atoms with van der Waals surface area (Å²) in [5.74, 6) is 0.0933. The zero-order chi connectivity index (χ0) is 24.0. The number of Topliss-reactive ketones (excluding diaryl/α,β-unsaturated/α-hetero) is 1. The maximum absolute atomic E-state index is 13.7. The van der Waals surface area contributed by atoms with Gasteiger partial charge in [-0.3, -0.25) is 14.9 Å². The largest absolute Gasteiger partial charge is 0.497 e. The van der Waals surface area contributed by atoms with Crippen LogP contribution in [-0.2, 0) is 9.59 Å². The van der Waals surface area contributed by atoms with E-state index < -0.39 is 5.92 Å². The highest BCUT2D eigenvalue weighted by molar-refractivity contribution is 7.22. The Morgan fingerprint density at radius 1 is 1.15 bits per heavy atom. The lowest BCUT2D eigenvalue weighted by atomic mass is 9.68. The predicted molar refractivity (Wildman–Crippen MR) is 135 cm³/mol. The first-order valence-corrected chi connectivity index (χ1v) is 12.1. The van der Waals surface area contributed by atoms with Gasteiger partial charge < -0.3 is 10.1 Å². The number of nitrogens with zero attached hydrogens (tertiary/aromatic N) is 1. The van der Waals surface area contributed by atoms with Crippen molar-refractivity contribution >= 4 is 38.4 Å². The molecule has 0 bridgehead atoms. The SMILES string of the molecule is COc1ccc([C@H]2C(C(=O)Nc3nc4ccccc4s3)=C(C)NC3=C2C(=O)CC(C)(C)C3)cc1. The number of carbonyl (C=O) groups is 2. The minimum atomic E-state index is -0.458. The molecule has 3 aromatic rings. The molecule has 1 aliphatic heterocycles. The fraction of sp³-hybridized carbons (Fsp3) is 0.296. The van der Waals surface area contributed by atoms with Crippen molar-refractivity contribution in [2.75, 3.05) is 12.4 Å². The Labute approximate surface area is 202 Å². The molecule has 0 fully saturated rings. The van der Waals surface area contributed by atoms with Gasteiger partial charge in [0, 0.05) is 34.9 Å². The molecule has 0 radical (unpaired) electrons. The van der Waals surface area contributed by atoms with E-state index in [9.17, 15) is 9.59 Å². The summed E-state index contributed by atoms with van der Waals surface area (Å²) in [5, 5.41) is 6.94. The first kappa shape index (κ1) is 22.3. The van der Waals surface area contributed by atoms with Gasteiger partial charge in [-0.2, -0.15) is 0 Å². The molecule has 7 heteroatoms. The van der Waals surface area contributed by atoms with E-state index in [-0.39, 0.29) is 17.1 Å². The summed E-state index contributed by atoms with van der Waals surface area (Å²) in [7, 11) is 1.62. The lowest BCUT2D eigenvalue weighted by Crippen LogP contribution is -2.39. The van der Waals surface area contributed by atoms with Crippen LogP contribution in [0.15, 0.2) is 71.1 Å². The maximum Gasteiger partial charge on any atom is 0.256 e. The number of dihydropyridines is 1. The number of para-hydroxylation sites is 1. The second-order valence-corrected chi connectivity index (χ2v) is 10.7. The van der Waals surface area contributed by atoms with Gasteiger partial charge in [-0.25, -0.2) is 4.98 Å². The summed E-state index contributed by atoms with van der Waals surface area (Å²) in [4.78, 5) is 31.6.